The lowest BCUT2D eigenvalue weighted by Gasteiger charge is -2.36. The maximum absolute atomic E-state index is 13.2. The Morgan fingerprint density at radius 1 is 1.32 bits per heavy atom. The Bertz CT molecular complexity index is 608. The molecule has 0 saturated heterocycles. The van der Waals surface area contributed by atoms with Crippen molar-refractivity contribution in [3.05, 3.63) is 23.8 Å². The first kappa shape index (κ1) is 19.6. The molecule has 0 aromatic heterocycles. The molecule has 1 aromatic rings. The second kappa shape index (κ2) is 7.64. The van der Waals surface area contributed by atoms with Crippen molar-refractivity contribution in [3.8, 4) is 5.75 Å². The summed E-state index contributed by atoms with van der Waals surface area (Å²) in [6.45, 7) is 3.85. The third-order valence-corrected chi connectivity index (χ3v) is 4.73. The van der Waals surface area contributed by atoms with Crippen LogP contribution in [0, 0.1) is 5.92 Å². The van der Waals surface area contributed by atoms with Gasteiger partial charge in [0.15, 0.2) is 0 Å². The number of carbonyl (C=O) groups is 1. The second-order valence-corrected chi connectivity index (χ2v) is 6.48. The van der Waals surface area contributed by atoms with E-state index < -0.39 is 23.2 Å². The highest BCUT2D eigenvalue weighted by Gasteiger charge is 2.41. The Hall–Kier alpha value is -1.76. The van der Waals surface area contributed by atoms with Gasteiger partial charge in [-0.1, -0.05) is 6.92 Å². The van der Waals surface area contributed by atoms with Gasteiger partial charge in [0.25, 0.3) is 5.91 Å². The third kappa shape index (κ3) is 4.45. The Morgan fingerprint density at radius 2 is 1.96 bits per heavy atom. The van der Waals surface area contributed by atoms with Crippen LogP contribution in [0.2, 0.25) is 0 Å². The van der Waals surface area contributed by atoms with E-state index in [0.29, 0.717) is 18.8 Å². The summed E-state index contributed by atoms with van der Waals surface area (Å²) < 4.78 is 50.1. The van der Waals surface area contributed by atoms with Gasteiger partial charge in [-0.2, -0.15) is 13.2 Å². The Labute approximate surface area is 145 Å². The lowest BCUT2D eigenvalue weighted by atomic mass is 9.79. The number of alkyl halides is 3. The van der Waals surface area contributed by atoms with Gasteiger partial charge in [-0.15, -0.1) is 0 Å². The van der Waals surface area contributed by atoms with E-state index in [1.807, 2.05) is 0 Å². The van der Waals surface area contributed by atoms with Crippen molar-refractivity contribution in [2.75, 3.05) is 19.0 Å². The number of nitrogens with one attached hydrogen (secondary N) is 1. The number of ether oxygens (including phenoxy) is 2. The average molecular weight is 359 g/mol. The van der Waals surface area contributed by atoms with Gasteiger partial charge in [0.05, 0.1) is 12.2 Å². The number of carbonyl (C=O) groups excluding carboxylic acids is 1. The van der Waals surface area contributed by atoms with Crippen LogP contribution in [0.1, 0.15) is 45.1 Å². The quantitative estimate of drug-likeness (QED) is 0.833. The maximum atomic E-state index is 13.2. The second-order valence-electron chi connectivity index (χ2n) is 6.48. The fraction of sp³-hybridized carbons (Fsp3) is 0.611. The van der Waals surface area contributed by atoms with Crippen LogP contribution in [0.4, 0.5) is 18.9 Å². The molecular weight excluding hydrogens is 335 g/mol. The molecule has 0 unspecified atom stereocenters. The highest BCUT2D eigenvalue weighted by molar-refractivity contribution is 5.97. The number of amides is 1. The molecule has 25 heavy (non-hydrogen) atoms. The third-order valence-electron chi connectivity index (χ3n) is 4.73. The van der Waals surface area contributed by atoms with Crippen molar-refractivity contribution >= 4 is 11.6 Å². The van der Waals surface area contributed by atoms with E-state index in [4.69, 9.17) is 9.47 Å². The number of methoxy groups -OCH3 is 1. The molecule has 1 aromatic carbocycles. The Balaban J connectivity index is 2.23. The zero-order valence-corrected chi connectivity index (χ0v) is 14.7. The average Bonchev–Trinajstić information content (AvgIpc) is 2.56. The van der Waals surface area contributed by atoms with Crippen molar-refractivity contribution in [1.82, 2.24) is 0 Å². The topological polar surface area (TPSA) is 47.6 Å². The number of anilines is 1. The van der Waals surface area contributed by atoms with E-state index >= 15 is 0 Å². The number of rotatable bonds is 5. The number of halogens is 3. The molecule has 0 radical (unpaired) electrons. The van der Waals surface area contributed by atoms with Crippen LogP contribution < -0.4 is 10.1 Å². The van der Waals surface area contributed by atoms with E-state index in [0.717, 1.165) is 18.9 Å². The minimum atomic E-state index is -4.57. The van der Waals surface area contributed by atoms with E-state index in [1.54, 1.807) is 6.92 Å². The standard InChI is InChI=1S/C18H24F3NO3/c1-4-25-15-6-5-13(11-14(15)18(19,20)21)22-16(23)17(24-3)9-7-12(2)8-10-17/h5-6,11-12H,4,7-10H2,1-3H3,(H,22,23). The van der Waals surface area contributed by atoms with Crippen LogP contribution in [-0.4, -0.2) is 25.2 Å². The smallest absolute Gasteiger partial charge is 0.420 e. The summed E-state index contributed by atoms with van der Waals surface area (Å²) in [7, 11) is 1.47. The molecule has 0 aliphatic heterocycles. The summed E-state index contributed by atoms with van der Waals surface area (Å²) >= 11 is 0. The highest BCUT2D eigenvalue weighted by Crippen LogP contribution is 2.39. The number of benzene rings is 1. The molecule has 1 aliphatic rings. The van der Waals surface area contributed by atoms with Crippen LogP contribution in [-0.2, 0) is 15.7 Å². The molecule has 1 amide bonds. The summed E-state index contributed by atoms with van der Waals surface area (Å²) in [6.07, 6.45) is -1.76. The summed E-state index contributed by atoms with van der Waals surface area (Å²) in [6, 6.07) is 3.54. The molecule has 0 atom stereocenters. The molecule has 4 nitrogen and oxygen atoms in total. The van der Waals surface area contributed by atoms with Gasteiger partial charge in [-0.25, -0.2) is 0 Å². The van der Waals surface area contributed by atoms with Crippen LogP contribution >= 0.6 is 0 Å². The maximum Gasteiger partial charge on any atom is 0.420 e. The van der Waals surface area contributed by atoms with Crippen molar-refractivity contribution in [3.63, 3.8) is 0 Å². The van der Waals surface area contributed by atoms with E-state index in [-0.39, 0.29) is 18.0 Å². The zero-order chi connectivity index (χ0) is 18.7. The van der Waals surface area contributed by atoms with Crippen LogP contribution in [0.25, 0.3) is 0 Å². The minimum absolute atomic E-state index is 0.0795. The lowest BCUT2D eigenvalue weighted by Crippen LogP contribution is -2.47. The van der Waals surface area contributed by atoms with Crippen LogP contribution in [0.15, 0.2) is 18.2 Å². The molecule has 0 heterocycles. The van der Waals surface area contributed by atoms with E-state index in [9.17, 15) is 18.0 Å². The van der Waals surface area contributed by atoms with Gasteiger partial charge in [0.1, 0.15) is 11.4 Å². The van der Waals surface area contributed by atoms with Gasteiger partial charge in [-0.05, 0) is 56.7 Å². The predicted molar refractivity (Wildman–Crippen MR) is 88.6 cm³/mol. The van der Waals surface area contributed by atoms with Crippen molar-refractivity contribution in [1.29, 1.82) is 0 Å². The van der Waals surface area contributed by atoms with Crippen molar-refractivity contribution in [2.45, 2.75) is 51.3 Å². The molecule has 7 heteroatoms. The first-order valence-electron chi connectivity index (χ1n) is 8.42. The lowest BCUT2D eigenvalue weighted by molar-refractivity contribution is -0.143. The van der Waals surface area contributed by atoms with E-state index in [2.05, 4.69) is 12.2 Å². The number of hydrogen-bond donors (Lipinski definition) is 1. The predicted octanol–water partition coefficient (Wildman–Crippen LogP) is 4.64. The summed E-state index contributed by atoms with van der Waals surface area (Å²) in [5.41, 5.74) is -1.81. The SMILES string of the molecule is CCOc1ccc(NC(=O)C2(OC)CCC(C)CC2)cc1C(F)(F)F. The van der Waals surface area contributed by atoms with Gasteiger partial charge in [0, 0.05) is 12.8 Å². The monoisotopic (exact) mass is 359 g/mol. The van der Waals surface area contributed by atoms with Gasteiger partial charge < -0.3 is 14.8 Å². The first-order chi connectivity index (χ1) is 11.7. The molecule has 0 bridgehead atoms. The number of hydrogen-bond acceptors (Lipinski definition) is 3. The fourth-order valence-electron chi connectivity index (χ4n) is 3.11. The van der Waals surface area contributed by atoms with Crippen LogP contribution in [0.3, 0.4) is 0 Å². The highest BCUT2D eigenvalue weighted by atomic mass is 19.4. The van der Waals surface area contributed by atoms with Crippen LogP contribution in [0.5, 0.6) is 5.75 Å². The summed E-state index contributed by atoms with van der Waals surface area (Å²) in [5, 5.41) is 2.58. The molecule has 1 N–H and O–H groups in total. The normalized spacial score (nSPS) is 24.0. The molecule has 0 spiro atoms. The van der Waals surface area contributed by atoms with Gasteiger partial charge >= 0.3 is 6.18 Å². The van der Waals surface area contributed by atoms with Crippen molar-refractivity contribution in [2.24, 2.45) is 5.92 Å². The molecule has 1 fully saturated rings. The Kier molecular flexibility index (Phi) is 5.98. The van der Waals surface area contributed by atoms with E-state index in [1.165, 1.54) is 19.2 Å². The molecular formula is C18H24F3NO3. The van der Waals surface area contributed by atoms with Gasteiger partial charge in [-0.3, -0.25) is 4.79 Å². The summed E-state index contributed by atoms with van der Waals surface area (Å²) in [4.78, 5) is 12.7. The molecule has 140 valence electrons. The van der Waals surface area contributed by atoms with Gasteiger partial charge in [0.2, 0.25) is 0 Å². The summed E-state index contributed by atoms with van der Waals surface area (Å²) in [5.74, 6) is -0.140. The molecule has 1 saturated carbocycles. The fourth-order valence-corrected chi connectivity index (χ4v) is 3.11. The minimum Gasteiger partial charge on any atom is -0.493 e. The first-order valence-corrected chi connectivity index (χ1v) is 8.42. The zero-order valence-electron chi connectivity index (χ0n) is 14.7. The molecule has 1 aliphatic carbocycles. The molecule has 2 rings (SSSR count). The largest absolute Gasteiger partial charge is 0.493 e. The van der Waals surface area contributed by atoms with Crippen molar-refractivity contribution < 1.29 is 27.4 Å². The Morgan fingerprint density at radius 3 is 2.48 bits per heavy atom.